The Hall–Kier alpha value is -4.37. The van der Waals surface area contributed by atoms with Gasteiger partial charge in [-0.15, -0.1) is 13.2 Å². The van der Waals surface area contributed by atoms with Crippen molar-refractivity contribution in [1.29, 1.82) is 0 Å². The molecule has 0 saturated carbocycles. The maximum absolute atomic E-state index is 13.0. The number of carbonyl (C=O) groups is 1. The number of aryl methyl sites for hydroxylation is 1. The number of amides is 1. The van der Waals surface area contributed by atoms with Crippen molar-refractivity contribution in [1.82, 2.24) is 19.2 Å². The van der Waals surface area contributed by atoms with E-state index in [1.165, 1.54) is 22.5 Å². The number of piperidine rings is 1. The summed E-state index contributed by atoms with van der Waals surface area (Å²) in [6, 6.07) is 9.89. The molecule has 5 rings (SSSR count). The van der Waals surface area contributed by atoms with Gasteiger partial charge in [0.15, 0.2) is 0 Å². The van der Waals surface area contributed by atoms with Gasteiger partial charge in [-0.05, 0) is 61.2 Å². The third kappa shape index (κ3) is 5.76. The number of aromatic nitrogens is 2. The average Bonchev–Trinajstić information content (AvgIpc) is 3.40. The Kier molecular flexibility index (Phi) is 7.03. The lowest BCUT2D eigenvalue weighted by atomic mass is 9.89. The largest absolute Gasteiger partial charge is 0.573 e. The molecule has 3 N–H and O–H groups in total. The third-order valence-corrected chi connectivity index (χ3v) is 8.48. The number of aromatic hydroxyl groups is 1. The number of amidine groups is 1. The van der Waals surface area contributed by atoms with Gasteiger partial charge in [0.05, 0.1) is 11.9 Å². The standard InChI is InChI=1S/C26H24F3N5O6S/c1-16-13-19(34-21(35)15-30-24(34)37)6-5-17(16)7-12-41(38,39)33-10-8-25(9-11-33)23(36)31-22(32-25)18-3-2-4-20(14-18)40-26(27,28)29/h2-7,12-15,35H,8-11H2,1H3,(H,30,37)(H,31,32,36). The average molecular weight is 592 g/mol. The highest BCUT2D eigenvalue weighted by Crippen LogP contribution is 2.33. The van der Waals surface area contributed by atoms with E-state index in [0.29, 0.717) is 16.8 Å². The lowest BCUT2D eigenvalue weighted by molar-refractivity contribution is -0.274. The first-order valence-corrected chi connectivity index (χ1v) is 13.8. The molecule has 0 unspecified atom stereocenters. The van der Waals surface area contributed by atoms with Gasteiger partial charge in [0.25, 0.3) is 5.91 Å². The SMILES string of the molecule is Cc1cc(-n2c(O)c[nH]c2=O)ccc1C=CS(=O)(=O)N1CCC2(CC1)N=C(c1cccc(OC(F)(F)F)c1)NC2=O. The number of aliphatic imine (C=N–C) groups is 1. The molecule has 15 heteroatoms. The van der Waals surface area contributed by atoms with E-state index in [9.17, 15) is 36.3 Å². The number of nitrogens with zero attached hydrogens (tertiary/aromatic N) is 3. The number of halogens is 3. The van der Waals surface area contributed by atoms with Gasteiger partial charge < -0.3 is 20.1 Å². The van der Waals surface area contributed by atoms with Crippen LogP contribution in [-0.4, -0.2) is 64.1 Å². The molecule has 11 nitrogen and oxygen atoms in total. The molecule has 1 amide bonds. The number of carbonyl (C=O) groups excluding carboxylic acids is 1. The lowest BCUT2D eigenvalue weighted by Gasteiger charge is -2.34. The molecule has 1 fully saturated rings. The molecule has 2 aliphatic rings. The quantitative estimate of drug-likeness (QED) is 0.402. The van der Waals surface area contributed by atoms with Gasteiger partial charge in [-0.2, -0.15) is 4.31 Å². The first kappa shape index (κ1) is 28.2. The van der Waals surface area contributed by atoms with Crippen LogP contribution in [0.5, 0.6) is 11.6 Å². The van der Waals surface area contributed by atoms with Gasteiger partial charge in [0, 0.05) is 24.1 Å². The first-order chi connectivity index (χ1) is 19.3. The number of nitrogens with one attached hydrogen (secondary N) is 2. The predicted octanol–water partition coefficient (Wildman–Crippen LogP) is 2.79. The summed E-state index contributed by atoms with van der Waals surface area (Å²) in [6.45, 7) is 1.73. The second kappa shape index (κ2) is 10.2. The van der Waals surface area contributed by atoms with Crippen molar-refractivity contribution in [2.75, 3.05) is 13.1 Å². The third-order valence-electron chi connectivity index (χ3n) is 6.92. The van der Waals surface area contributed by atoms with Crippen molar-refractivity contribution in [2.45, 2.75) is 31.7 Å². The summed E-state index contributed by atoms with van der Waals surface area (Å²) in [7, 11) is -3.87. The number of alkyl halides is 3. The smallest absolute Gasteiger partial charge is 0.493 e. The maximum atomic E-state index is 13.0. The van der Waals surface area contributed by atoms with E-state index < -0.39 is 39.3 Å². The molecular weight excluding hydrogens is 567 g/mol. The van der Waals surface area contributed by atoms with E-state index in [0.717, 1.165) is 28.3 Å². The van der Waals surface area contributed by atoms with Crippen LogP contribution in [0.25, 0.3) is 11.8 Å². The van der Waals surface area contributed by atoms with Gasteiger partial charge in [0.1, 0.15) is 17.1 Å². The van der Waals surface area contributed by atoms with Gasteiger partial charge in [-0.1, -0.05) is 18.2 Å². The van der Waals surface area contributed by atoms with Crippen LogP contribution in [0.3, 0.4) is 0 Å². The molecule has 3 aromatic rings. The Morgan fingerprint density at radius 2 is 1.85 bits per heavy atom. The van der Waals surface area contributed by atoms with Crippen LogP contribution in [0.15, 0.2) is 63.9 Å². The minimum atomic E-state index is -4.87. The summed E-state index contributed by atoms with van der Waals surface area (Å²) in [4.78, 5) is 31.6. The van der Waals surface area contributed by atoms with Crippen molar-refractivity contribution in [3.05, 3.63) is 81.2 Å². The Morgan fingerprint density at radius 1 is 1.12 bits per heavy atom. The highest BCUT2D eigenvalue weighted by atomic mass is 32.2. The number of H-pyrrole nitrogens is 1. The topological polar surface area (TPSA) is 146 Å². The van der Waals surface area contributed by atoms with E-state index in [1.54, 1.807) is 25.1 Å². The number of ether oxygens (including phenoxy) is 1. The van der Waals surface area contributed by atoms with Crippen LogP contribution in [0.4, 0.5) is 13.2 Å². The highest BCUT2D eigenvalue weighted by molar-refractivity contribution is 7.92. The monoisotopic (exact) mass is 591 g/mol. The molecule has 2 aromatic carbocycles. The number of rotatable bonds is 6. The second-order valence-corrected chi connectivity index (χ2v) is 11.4. The summed E-state index contributed by atoms with van der Waals surface area (Å²) in [5.74, 6) is -1.08. The molecule has 0 bridgehead atoms. The van der Waals surface area contributed by atoms with Crippen molar-refractivity contribution < 1.29 is 36.2 Å². The minimum Gasteiger partial charge on any atom is -0.493 e. The number of hydrogen-bond donors (Lipinski definition) is 3. The van der Waals surface area contributed by atoms with Crippen LogP contribution in [0.1, 0.15) is 29.5 Å². The fraction of sp³-hybridized carbons (Fsp3) is 0.269. The maximum Gasteiger partial charge on any atom is 0.573 e. The van der Waals surface area contributed by atoms with E-state index in [2.05, 4.69) is 20.0 Å². The minimum absolute atomic E-state index is 0.00169. The van der Waals surface area contributed by atoms with Crippen LogP contribution in [0.2, 0.25) is 0 Å². The molecule has 3 heterocycles. The van der Waals surface area contributed by atoms with Gasteiger partial charge in [-0.25, -0.2) is 17.8 Å². The molecule has 1 saturated heterocycles. The fourth-order valence-corrected chi connectivity index (χ4v) is 5.97. The summed E-state index contributed by atoms with van der Waals surface area (Å²) >= 11 is 0. The summed E-state index contributed by atoms with van der Waals surface area (Å²) in [5.41, 5.74) is 0.116. The zero-order valence-electron chi connectivity index (χ0n) is 21.5. The number of hydrogen-bond acceptors (Lipinski definition) is 7. The molecule has 41 heavy (non-hydrogen) atoms. The Morgan fingerprint density at radius 3 is 2.49 bits per heavy atom. The fourth-order valence-electron chi connectivity index (χ4n) is 4.78. The van der Waals surface area contributed by atoms with Crippen LogP contribution in [0, 0.1) is 6.92 Å². The molecule has 0 radical (unpaired) electrons. The van der Waals surface area contributed by atoms with Crippen molar-refractivity contribution in [2.24, 2.45) is 4.99 Å². The number of benzene rings is 2. The summed E-state index contributed by atoms with van der Waals surface area (Å²) in [5, 5.41) is 13.5. The van der Waals surface area contributed by atoms with E-state index in [4.69, 9.17) is 0 Å². The normalized spacial score (nSPS) is 17.7. The number of imidazole rings is 1. The highest BCUT2D eigenvalue weighted by Gasteiger charge is 2.47. The van der Waals surface area contributed by atoms with Crippen molar-refractivity contribution in [3.8, 4) is 17.3 Å². The van der Waals surface area contributed by atoms with Crippen LogP contribution < -0.4 is 15.7 Å². The molecule has 0 aliphatic carbocycles. The zero-order valence-corrected chi connectivity index (χ0v) is 22.3. The number of sulfonamides is 1. The van der Waals surface area contributed by atoms with Crippen molar-refractivity contribution >= 4 is 27.8 Å². The zero-order chi connectivity index (χ0) is 29.6. The van der Waals surface area contributed by atoms with Crippen LogP contribution >= 0.6 is 0 Å². The molecule has 1 aromatic heterocycles. The summed E-state index contributed by atoms with van der Waals surface area (Å²) < 4.78 is 70.1. The molecular formula is C26H24F3N5O6S. The Bertz CT molecular complexity index is 1730. The first-order valence-electron chi connectivity index (χ1n) is 12.3. The number of aromatic amines is 1. The lowest BCUT2D eigenvalue weighted by Crippen LogP contribution is -2.50. The molecule has 216 valence electrons. The Labute approximate surface area is 231 Å². The van der Waals surface area contributed by atoms with E-state index in [-0.39, 0.29) is 43.2 Å². The van der Waals surface area contributed by atoms with E-state index in [1.807, 2.05) is 0 Å². The van der Waals surface area contributed by atoms with Gasteiger partial charge >= 0.3 is 12.1 Å². The molecule has 1 spiro atoms. The van der Waals surface area contributed by atoms with Crippen molar-refractivity contribution in [3.63, 3.8) is 0 Å². The molecule has 0 atom stereocenters. The Balaban J connectivity index is 1.28. The van der Waals surface area contributed by atoms with Crippen LogP contribution in [-0.2, 0) is 14.8 Å². The molecule has 2 aliphatic heterocycles. The van der Waals surface area contributed by atoms with E-state index >= 15 is 0 Å². The second-order valence-electron chi connectivity index (χ2n) is 9.60. The van der Waals surface area contributed by atoms with Gasteiger partial charge in [-0.3, -0.25) is 9.79 Å². The van der Waals surface area contributed by atoms with Gasteiger partial charge in [0.2, 0.25) is 15.9 Å². The predicted molar refractivity (Wildman–Crippen MR) is 142 cm³/mol. The summed E-state index contributed by atoms with van der Waals surface area (Å²) in [6.07, 6.45) is -2.13.